The number of aliphatic imine (C=N–C) groups is 1. The van der Waals surface area contributed by atoms with Crippen molar-refractivity contribution < 1.29 is 9.13 Å². The molecule has 2 aliphatic rings. The van der Waals surface area contributed by atoms with Gasteiger partial charge < -0.3 is 15.4 Å². The van der Waals surface area contributed by atoms with Crippen molar-refractivity contribution in [1.82, 2.24) is 9.97 Å². The lowest BCUT2D eigenvalue weighted by Gasteiger charge is -2.41. The summed E-state index contributed by atoms with van der Waals surface area (Å²) in [6.07, 6.45) is 7.18. The first-order valence-corrected chi connectivity index (χ1v) is 10.4. The smallest absolute Gasteiger partial charge is 0.232 e. The molecular formula is C19H25ClFN5OS. The molecule has 0 radical (unpaired) electrons. The molecule has 1 aromatic heterocycles. The van der Waals surface area contributed by atoms with E-state index < -0.39 is 5.95 Å². The Hall–Kier alpha value is -1.48. The van der Waals surface area contributed by atoms with Crippen molar-refractivity contribution in [3.05, 3.63) is 34.4 Å². The van der Waals surface area contributed by atoms with Gasteiger partial charge in [0.05, 0.1) is 25.1 Å². The number of nitrogens with zero attached hydrogens (tertiary/aromatic N) is 4. The van der Waals surface area contributed by atoms with Crippen molar-refractivity contribution in [2.45, 2.75) is 43.9 Å². The third-order valence-corrected chi connectivity index (χ3v) is 7.11. The predicted molar refractivity (Wildman–Crippen MR) is 112 cm³/mol. The molecule has 3 heterocycles. The van der Waals surface area contributed by atoms with Gasteiger partial charge in [-0.25, -0.2) is 15.0 Å². The van der Waals surface area contributed by atoms with Crippen molar-refractivity contribution >= 4 is 35.9 Å². The van der Waals surface area contributed by atoms with Crippen LogP contribution in [0.4, 0.5) is 10.2 Å². The van der Waals surface area contributed by atoms with Gasteiger partial charge in [-0.2, -0.15) is 4.39 Å². The third kappa shape index (κ3) is 4.25. The molecule has 0 saturated carbocycles. The standard InChI is InChI=1S/C19H25ClFN5OS/c1-4-13(16(20)18(21)23-3)28-15-10-24-14(9-25-15)26-7-5-19(6-8-26)11-27-12(2)17(19)22/h4,9-10,12,17H,3,5-8,11,22H2,1-2H3/b13-4+,18-16+/t12-,17+/m0/s1. The summed E-state index contributed by atoms with van der Waals surface area (Å²) in [6, 6.07) is 0.0852. The van der Waals surface area contributed by atoms with Gasteiger partial charge in [-0.3, -0.25) is 0 Å². The van der Waals surface area contributed by atoms with Crippen LogP contribution in [0.5, 0.6) is 0 Å². The maximum atomic E-state index is 13.6. The molecule has 2 atom stereocenters. The zero-order chi connectivity index (χ0) is 20.3. The Balaban J connectivity index is 1.63. The zero-order valence-corrected chi connectivity index (χ0v) is 17.6. The second kappa shape index (κ2) is 8.90. The molecular weight excluding hydrogens is 401 g/mol. The Morgan fingerprint density at radius 3 is 2.68 bits per heavy atom. The summed E-state index contributed by atoms with van der Waals surface area (Å²) in [5.41, 5.74) is 6.45. The lowest BCUT2D eigenvalue weighted by molar-refractivity contribution is 0.0974. The van der Waals surface area contributed by atoms with E-state index in [0.29, 0.717) is 9.93 Å². The maximum absolute atomic E-state index is 13.6. The minimum absolute atomic E-state index is 0.0757. The van der Waals surface area contributed by atoms with Crippen LogP contribution in [0.1, 0.15) is 26.7 Å². The molecule has 6 nitrogen and oxygen atoms in total. The average molecular weight is 426 g/mol. The van der Waals surface area contributed by atoms with Gasteiger partial charge in [-0.1, -0.05) is 29.4 Å². The van der Waals surface area contributed by atoms with Crippen molar-refractivity contribution in [3.8, 4) is 0 Å². The Labute approximate surface area is 174 Å². The molecule has 2 aliphatic heterocycles. The first-order chi connectivity index (χ1) is 13.4. The number of rotatable bonds is 5. The topological polar surface area (TPSA) is 76.6 Å². The molecule has 9 heteroatoms. The fourth-order valence-corrected chi connectivity index (χ4v) is 4.71. The second-order valence-electron chi connectivity index (χ2n) is 7.12. The highest BCUT2D eigenvalue weighted by Crippen LogP contribution is 2.42. The van der Waals surface area contributed by atoms with Crippen molar-refractivity contribution in [1.29, 1.82) is 0 Å². The summed E-state index contributed by atoms with van der Waals surface area (Å²) in [5, 5.41) is 0.541. The largest absolute Gasteiger partial charge is 0.376 e. The number of ether oxygens (including phenoxy) is 1. The Morgan fingerprint density at radius 2 is 2.18 bits per heavy atom. The first kappa shape index (κ1) is 21.2. The monoisotopic (exact) mass is 425 g/mol. The Morgan fingerprint density at radius 1 is 1.46 bits per heavy atom. The number of piperidine rings is 1. The van der Waals surface area contributed by atoms with E-state index in [1.54, 1.807) is 25.4 Å². The number of aromatic nitrogens is 2. The summed E-state index contributed by atoms with van der Waals surface area (Å²) < 4.78 is 19.3. The van der Waals surface area contributed by atoms with Crippen LogP contribution in [0, 0.1) is 5.41 Å². The average Bonchev–Trinajstić information content (AvgIpc) is 3.00. The zero-order valence-electron chi connectivity index (χ0n) is 16.1. The van der Waals surface area contributed by atoms with E-state index in [1.165, 1.54) is 11.8 Å². The molecule has 0 bridgehead atoms. The van der Waals surface area contributed by atoms with Crippen LogP contribution in [0.25, 0.3) is 0 Å². The van der Waals surface area contributed by atoms with E-state index in [1.807, 2.05) is 6.92 Å². The van der Waals surface area contributed by atoms with Crippen molar-refractivity contribution in [2.24, 2.45) is 16.1 Å². The second-order valence-corrected chi connectivity index (χ2v) is 8.56. The van der Waals surface area contributed by atoms with Gasteiger partial charge in [0.25, 0.3) is 0 Å². The summed E-state index contributed by atoms with van der Waals surface area (Å²) in [7, 11) is 0. The molecule has 1 aromatic rings. The molecule has 0 aliphatic carbocycles. The minimum Gasteiger partial charge on any atom is -0.376 e. The molecule has 0 aromatic carbocycles. The number of hydrogen-bond acceptors (Lipinski definition) is 7. The van der Waals surface area contributed by atoms with Gasteiger partial charge in [0.2, 0.25) is 5.95 Å². The van der Waals surface area contributed by atoms with E-state index >= 15 is 0 Å². The molecule has 2 N–H and O–H groups in total. The summed E-state index contributed by atoms with van der Waals surface area (Å²) >= 11 is 7.22. The highest BCUT2D eigenvalue weighted by molar-refractivity contribution is 8.03. The number of hydrogen-bond donors (Lipinski definition) is 1. The molecule has 2 saturated heterocycles. The van der Waals surface area contributed by atoms with Gasteiger partial charge in [-0.05, 0) is 33.4 Å². The number of anilines is 1. The SMILES string of the molecule is C=N/C(F)=C(Cl)\C(=C/C)Sc1cnc(N2CCC3(CC2)CO[C@@H](C)[C@H]3N)cn1. The highest BCUT2D eigenvalue weighted by Gasteiger charge is 2.47. The third-order valence-electron chi connectivity index (χ3n) is 5.56. The molecule has 3 rings (SSSR count). The van der Waals surface area contributed by atoms with E-state index in [-0.39, 0.29) is 22.6 Å². The number of nitrogens with two attached hydrogens (primary N) is 1. The van der Waals surface area contributed by atoms with Crippen LogP contribution in [0.3, 0.4) is 0 Å². The fraction of sp³-hybridized carbons (Fsp3) is 0.526. The molecule has 2 fully saturated rings. The Bertz CT molecular complexity index is 777. The van der Waals surface area contributed by atoms with E-state index in [9.17, 15) is 4.39 Å². The number of halogens is 2. The number of thioether (sulfide) groups is 1. The van der Waals surface area contributed by atoms with Crippen LogP contribution < -0.4 is 10.6 Å². The van der Waals surface area contributed by atoms with Crippen molar-refractivity contribution in [2.75, 3.05) is 24.6 Å². The van der Waals surface area contributed by atoms with Gasteiger partial charge in [0, 0.05) is 29.5 Å². The maximum Gasteiger partial charge on any atom is 0.232 e. The lowest BCUT2D eigenvalue weighted by Crippen LogP contribution is -2.50. The molecule has 28 heavy (non-hydrogen) atoms. The molecule has 0 unspecified atom stereocenters. The van der Waals surface area contributed by atoms with Gasteiger partial charge in [0.1, 0.15) is 15.9 Å². The fourth-order valence-electron chi connectivity index (χ4n) is 3.69. The van der Waals surface area contributed by atoms with E-state index in [0.717, 1.165) is 38.4 Å². The lowest BCUT2D eigenvalue weighted by atomic mass is 9.73. The molecule has 1 spiro atoms. The first-order valence-electron chi connectivity index (χ1n) is 9.21. The van der Waals surface area contributed by atoms with Crippen LogP contribution in [-0.2, 0) is 4.74 Å². The van der Waals surface area contributed by atoms with E-state index in [2.05, 4.69) is 26.6 Å². The highest BCUT2D eigenvalue weighted by atomic mass is 35.5. The molecule has 152 valence electrons. The van der Waals surface area contributed by atoms with Crippen LogP contribution in [0.2, 0.25) is 0 Å². The minimum atomic E-state index is -0.808. The quantitative estimate of drug-likeness (QED) is 0.334. The van der Waals surface area contributed by atoms with Crippen LogP contribution in [0.15, 0.2) is 44.4 Å². The van der Waals surface area contributed by atoms with E-state index in [4.69, 9.17) is 22.1 Å². The van der Waals surface area contributed by atoms with Crippen molar-refractivity contribution in [3.63, 3.8) is 0 Å². The van der Waals surface area contributed by atoms with Gasteiger partial charge >= 0.3 is 0 Å². The summed E-state index contributed by atoms with van der Waals surface area (Å²) in [5.74, 6) is 0.0138. The predicted octanol–water partition coefficient (Wildman–Crippen LogP) is 3.88. The summed E-state index contributed by atoms with van der Waals surface area (Å²) in [4.78, 5) is 14.9. The normalized spacial score (nSPS) is 25.8. The molecule has 0 amide bonds. The summed E-state index contributed by atoms with van der Waals surface area (Å²) in [6.45, 7) is 9.45. The van der Waals surface area contributed by atoms with Crippen LogP contribution in [-0.4, -0.2) is 48.5 Å². The Kier molecular flexibility index (Phi) is 6.75. The van der Waals surface area contributed by atoms with Gasteiger partial charge in [0.15, 0.2) is 0 Å². The van der Waals surface area contributed by atoms with Gasteiger partial charge in [-0.15, -0.1) is 0 Å². The van der Waals surface area contributed by atoms with Crippen LogP contribution >= 0.6 is 23.4 Å². The number of allylic oxidation sites excluding steroid dienone is 2.